The molecule has 2 aromatic carbocycles. The van der Waals surface area contributed by atoms with Crippen molar-refractivity contribution in [2.75, 3.05) is 0 Å². The Morgan fingerprint density at radius 1 is 0.667 bits per heavy atom. The van der Waals surface area contributed by atoms with Crippen LogP contribution in [-0.2, 0) is 19.1 Å². The summed E-state index contributed by atoms with van der Waals surface area (Å²) < 4.78 is 9.95. The number of benzene rings is 2. The highest BCUT2D eigenvalue weighted by Gasteiger charge is 2.22. The van der Waals surface area contributed by atoms with Gasteiger partial charge in [0.2, 0.25) is 0 Å². The summed E-state index contributed by atoms with van der Waals surface area (Å²) in [6, 6.07) is 9.73. The summed E-state index contributed by atoms with van der Waals surface area (Å²) in [6.07, 6.45) is 5.27. The van der Waals surface area contributed by atoms with Gasteiger partial charge in [0.25, 0.3) is 0 Å². The first-order valence-corrected chi connectivity index (χ1v) is 10.5. The minimum absolute atomic E-state index is 0.0855. The molecule has 0 aliphatic heterocycles. The third-order valence-corrected chi connectivity index (χ3v) is 4.73. The molecular formula is C24H28O6. The van der Waals surface area contributed by atoms with E-state index in [1.54, 1.807) is 24.3 Å². The van der Waals surface area contributed by atoms with Crippen molar-refractivity contribution < 1.29 is 28.7 Å². The number of hydrogen-bond acceptors (Lipinski definition) is 6. The molecular weight excluding hydrogens is 384 g/mol. The van der Waals surface area contributed by atoms with Gasteiger partial charge in [-0.25, -0.2) is 9.59 Å². The smallest absolute Gasteiger partial charge is 0.346 e. The van der Waals surface area contributed by atoms with Gasteiger partial charge in [0.05, 0.1) is 11.1 Å². The zero-order chi connectivity index (χ0) is 21.9. The van der Waals surface area contributed by atoms with Gasteiger partial charge in [-0.1, -0.05) is 63.8 Å². The van der Waals surface area contributed by atoms with Crippen LogP contribution < -0.4 is 0 Å². The van der Waals surface area contributed by atoms with Gasteiger partial charge in [0.15, 0.2) is 0 Å². The van der Waals surface area contributed by atoms with E-state index >= 15 is 0 Å². The number of esters is 4. The Bertz CT molecular complexity index is 844. The molecule has 0 fully saturated rings. The van der Waals surface area contributed by atoms with E-state index in [4.69, 9.17) is 9.47 Å². The predicted molar refractivity (Wildman–Crippen MR) is 113 cm³/mol. The summed E-state index contributed by atoms with van der Waals surface area (Å²) >= 11 is 0. The molecule has 6 heteroatoms. The number of ether oxygens (including phenoxy) is 2. The van der Waals surface area contributed by atoms with E-state index in [0.29, 0.717) is 23.6 Å². The highest BCUT2D eigenvalue weighted by atomic mass is 16.6. The molecule has 0 saturated carbocycles. The lowest BCUT2D eigenvalue weighted by atomic mass is 9.99. The van der Waals surface area contributed by atoms with Gasteiger partial charge in [0, 0.05) is 18.2 Å². The number of carbonyl (C=O) groups is 4. The van der Waals surface area contributed by atoms with Crippen LogP contribution in [0.3, 0.4) is 0 Å². The third kappa shape index (κ3) is 6.51. The summed E-state index contributed by atoms with van der Waals surface area (Å²) in [4.78, 5) is 49.1. The lowest BCUT2D eigenvalue weighted by Gasteiger charge is -2.10. The Morgan fingerprint density at radius 2 is 1.10 bits per heavy atom. The Morgan fingerprint density at radius 3 is 1.50 bits per heavy atom. The van der Waals surface area contributed by atoms with E-state index in [1.807, 2.05) is 13.8 Å². The van der Waals surface area contributed by atoms with Crippen LogP contribution in [0.1, 0.15) is 85.9 Å². The molecule has 0 atom stereocenters. The Balaban J connectivity index is 2.23. The molecule has 2 rings (SSSR count). The normalized spacial score (nSPS) is 10.6. The van der Waals surface area contributed by atoms with Gasteiger partial charge in [-0.15, -0.1) is 0 Å². The van der Waals surface area contributed by atoms with Crippen LogP contribution in [0, 0.1) is 0 Å². The molecule has 160 valence electrons. The molecule has 0 aliphatic carbocycles. The molecule has 0 radical (unpaired) electrons. The van der Waals surface area contributed by atoms with E-state index in [9.17, 15) is 19.2 Å². The SMILES string of the molecule is CCCCCC(=O)OC(=O)c1cccc2cccc(C(=O)OC(=O)CCCCC)c12. The quantitative estimate of drug-likeness (QED) is 0.296. The van der Waals surface area contributed by atoms with Gasteiger partial charge in [-0.2, -0.15) is 0 Å². The molecule has 6 nitrogen and oxygen atoms in total. The zero-order valence-corrected chi connectivity index (χ0v) is 17.6. The van der Waals surface area contributed by atoms with E-state index in [2.05, 4.69) is 0 Å². The lowest BCUT2D eigenvalue weighted by molar-refractivity contribution is -0.139. The Labute approximate surface area is 176 Å². The fraction of sp³-hybridized carbons (Fsp3) is 0.417. The van der Waals surface area contributed by atoms with E-state index < -0.39 is 23.9 Å². The zero-order valence-electron chi connectivity index (χ0n) is 17.6. The number of fused-ring (bicyclic) bond motifs is 1. The first-order chi connectivity index (χ1) is 14.5. The van der Waals surface area contributed by atoms with Gasteiger partial charge >= 0.3 is 23.9 Å². The average molecular weight is 412 g/mol. The highest BCUT2D eigenvalue weighted by molar-refractivity contribution is 6.15. The van der Waals surface area contributed by atoms with Crippen molar-refractivity contribution in [3.05, 3.63) is 47.5 Å². The van der Waals surface area contributed by atoms with Crippen molar-refractivity contribution in [1.82, 2.24) is 0 Å². The maximum Gasteiger partial charge on any atom is 0.346 e. The molecule has 30 heavy (non-hydrogen) atoms. The van der Waals surface area contributed by atoms with Crippen LogP contribution in [-0.4, -0.2) is 23.9 Å². The average Bonchev–Trinajstić information content (AvgIpc) is 2.73. The molecule has 0 heterocycles. The molecule has 0 amide bonds. The molecule has 0 N–H and O–H groups in total. The number of carbonyl (C=O) groups excluding carboxylic acids is 4. The lowest BCUT2D eigenvalue weighted by Crippen LogP contribution is -2.16. The standard InChI is InChI=1S/C24H28O6/c1-3-5-7-15-20(25)29-23(27)18-13-9-11-17-12-10-14-19(22(17)18)24(28)30-21(26)16-8-6-4-2/h9-14H,3-8,15-16H2,1-2H3. The fourth-order valence-electron chi connectivity index (χ4n) is 3.14. The minimum atomic E-state index is -0.823. The van der Waals surface area contributed by atoms with Gasteiger partial charge < -0.3 is 9.47 Å². The fourth-order valence-corrected chi connectivity index (χ4v) is 3.14. The van der Waals surface area contributed by atoms with Crippen LogP contribution >= 0.6 is 0 Å². The number of unbranched alkanes of at least 4 members (excludes halogenated alkanes) is 4. The number of hydrogen-bond donors (Lipinski definition) is 0. The maximum atomic E-state index is 12.6. The molecule has 2 aromatic rings. The van der Waals surface area contributed by atoms with E-state index in [-0.39, 0.29) is 24.0 Å². The van der Waals surface area contributed by atoms with Crippen LogP contribution in [0.2, 0.25) is 0 Å². The maximum absolute atomic E-state index is 12.6. The molecule has 0 aromatic heterocycles. The van der Waals surface area contributed by atoms with Crippen LogP contribution in [0.15, 0.2) is 36.4 Å². The van der Waals surface area contributed by atoms with Crippen molar-refractivity contribution in [3.8, 4) is 0 Å². The molecule has 0 aliphatic rings. The van der Waals surface area contributed by atoms with Crippen LogP contribution in [0.25, 0.3) is 10.8 Å². The van der Waals surface area contributed by atoms with E-state index in [0.717, 1.165) is 25.7 Å². The molecule has 0 saturated heterocycles. The Kier molecular flexibility index (Phi) is 9.19. The van der Waals surface area contributed by atoms with Crippen molar-refractivity contribution in [2.24, 2.45) is 0 Å². The summed E-state index contributed by atoms with van der Waals surface area (Å²) in [5, 5.41) is 0.911. The summed E-state index contributed by atoms with van der Waals surface area (Å²) in [5.41, 5.74) is 0.171. The van der Waals surface area contributed by atoms with Crippen molar-refractivity contribution in [3.63, 3.8) is 0 Å². The minimum Gasteiger partial charge on any atom is -0.389 e. The van der Waals surface area contributed by atoms with Gasteiger partial charge in [-0.05, 0) is 30.4 Å². The summed E-state index contributed by atoms with van der Waals surface area (Å²) in [5.74, 6) is -2.85. The highest BCUT2D eigenvalue weighted by Crippen LogP contribution is 2.25. The molecule has 0 spiro atoms. The second-order valence-corrected chi connectivity index (χ2v) is 7.15. The van der Waals surface area contributed by atoms with E-state index in [1.165, 1.54) is 12.1 Å². The van der Waals surface area contributed by atoms with Crippen LogP contribution in [0.5, 0.6) is 0 Å². The van der Waals surface area contributed by atoms with Crippen molar-refractivity contribution in [2.45, 2.75) is 65.2 Å². The van der Waals surface area contributed by atoms with Crippen molar-refractivity contribution in [1.29, 1.82) is 0 Å². The largest absolute Gasteiger partial charge is 0.389 e. The Hall–Kier alpha value is -3.02. The molecule has 0 unspecified atom stereocenters. The predicted octanol–water partition coefficient (Wildman–Crippen LogP) is 5.37. The van der Waals surface area contributed by atoms with Crippen LogP contribution in [0.4, 0.5) is 0 Å². The number of rotatable bonds is 10. The topological polar surface area (TPSA) is 86.7 Å². The first-order valence-electron chi connectivity index (χ1n) is 10.5. The van der Waals surface area contributed by atoms with Crippen molar-refractivity contribution >= 4 is 34.6 Å². The summed E-state index contributed by atoms with van der Waals surface area (Å²) in [7, 11) is 0. The first kappa shape index (κ1) is 23.3. The monoisotopic (exact) mass is 412 g/mol. The molecule has 0 bridgehead atoms. The third-order valence-electron chi connectivity index (χ3n) is 4.73. The van der Waals surface area contributed by atoms with Gasteiger partial charge in [0.1, 0.15) is 0 Å². The second-order valence-electron chi connectivity index (χ2n) is 7.15. The van der Waals surface area contributed by atoms with Gasteiger partial charge in [-0.3, -0.25) is 9.59 Å². The summed E-state index contributed by atoms with van der Waals surface area (Å²) in [6.45, 7) is 4.03. The second kappa shape index (κ2) is 11.9.